The van der Waals surface area contributed by atoms with Gasteiger partial charge in [-0.25, -0.2) is 0 Å². The van der Waals surface area contributed by atoms with Crippen molar-refractivity contribution >= 4 is 33.8 Å². The van der Waals surface area contributed by atoms with Gasteiger partial charge in [0.1, 0.15) is 9.93 Å². The van der Waals surface area contributed by atoms with Crippen molar-refractivity contribution < 1.29 is 14.1 Å². The second-order valence-electron chi connectivity index (χ2n) is 5.28. The maximum atomic E-state index is 12.1. The van der Waals surface area contributed by atoms with E-state index < -0.39 is 16.7 Å². The molecule has 4 rings (SSSR count). The van der Waals surface area contributed by atoms with E-state index in [1.807, 2.05) is 6.92 Å². The van der Waals surface area contributed by atoms with E-state index >= 15 is 0 Å². The van der Waals surface area contributed by atoms with Gasteiger partial charge >= 0.3 is 5.88 Å². The number of amides is 1. The van der Waals surface area contributed by atoms with Gasteiger partial charge in [-0.15, -0.1) is 10.2 Å². The van der Waals surface area contributed by atoms with Gasteiger partial charge in [-0.1, -0.05) is 11.3 Å². The van der Waals surface area contributed by atoms with E-state index in [1.54, 1.807) is 28.8 Å². The molecular formula is C15H10N6O4S. The Morgan fingerprint density at radius 1 is 1.23 bits per heavy atom. The number of benzene rings is 1. The molecule has 1 N–H and O–H groups in total. The number of nitrogens with one attached hydrogen (secondary N) is 1. The van der Waals surface area contributed by atoms with E-state index in [-0.39, 0.29) is 5.76 Å². The lowest BCUT2D eigenvalue weighted by Crippen LogP contribution is -2.10. The van der Waals surface area contributed by atoms with Gasteiger partial charge in [-0.2, -0.15) is 9.61 Å². The van der Waals surface area contributed by atoms with Gasteiger partial charge in [0.2, 0.25) is 4.96 Å². The maximum Gasteiger partial charge on any atom is 0.433 e. The van der Waals surface area contributed by atoms with Crippen LogP contribution in [0.4, 0.5) is 11.6 Å². The number of anilines is 1. The number of nitro groups is 1. The van der Waals surface area contributed by atoms with Crippen LogP contribution in [0.1, 0.15) is 16.4 Å². The normalized spacial score (nSPS) is 11.0. The van der Waals surface area contributed by atoms with Gasteiger partial charge in [0.15, 0.2) is 11.6 Å². The molecule has 0 saturated heterocycles. The minimum Gasteiger partial charge on any atom is -0.395 e. The third-order valence-corrected chi connectivity index (χ3v) is 4.48. The Morgan fingerprint density at radius 2 is 2.00 bits per heavy atom. The molecular weight excluding hydrogens is 360 g/mol. The van der Waals surface area contributed by atoms with Gasteiger partial charge in [0.25, 0.3) is 5.91 Å². The molecule has 0 aliphatic rings. The predicted octanol–water partition coefficient (Wildman–Crippen LogP) is 2.91. The zero-order valence-corrected chi connectivity index (χ0v) is 14.1. The first kappa shape index (κ1) is 15.9. The van der Waals surface area contributed by atoms with Gasteiger partial charge in [-0.3, -0.25) is 14.9 Å². The minimum atomic E-state index is -0.701. The number of aryl methyl sites for hydroxylation is 1. The van der Waals surface area contributed by atoms with Crippen LogP contribution in [0.25, 0.3) is 15.5 Å². The van der Waals surface area contributed by atoms with Crippen molar-refractivity contribution in [3.8, 4) is 10.6 Å². The van der Waals surface area contributed by atoms with Gasteiger partial charge < -0.3 is 9.73 Å². The van der Waals surface area contributed by atoms with E-state index in [2.05, 4.69) is 20.6 Å². The Kier molecular flexibility index (Phi) is 3.69. The highest BCUT2D eigenvalue weighted by molar-refractivity contribution is 7.19. The predicted molar refractivity (Wildman–Crippen MR) is 92.1 cm³/mol. The molecule has 3 aromatic heterocycles. The van der Waals surface area contributed by atoms with Crippen molar-refractivity contribution in [2.24, 2.45) is 0 Å². The summed E-state index contributed by atoms with van der Waals surface area (Å²) >= 11 is 1.41. The lowest BCUT2D eigenvalue weighted by atomic mass is 10.2. The first-order chi connectivity index (χ1) is 12.5. The molecule has 0 spiro atoms. The molecule has 11 heteroatoms. The fourth-order valence-corrected chi connectivity index (χ4v) is 3.16. The molecule has 0 saturated carbocycles. The summed E-state index contributed by atoms with van der Waals surface area (Å²) in [6.07, 6.45) is 0. The molecule has 0 aliphatic heterocycles. The molecule has 1 amide bonds. The summed E-state index contributed by atoms with van der Waals surface area (Å²) in [7, 11) is 0. The molecule has 3 heterocycles. The third kappa shape index (κ3) is 2.80. The first-order valence-corrected chi connectivity index (χ1v) is 8.18. The fraction of sp³-hybridized carbons (Fsp3) is 0.0667. The van der Waals surface area contributed by atoms with Gasteiger partial charge in [0.05, 0.1) is 6.07 Å². The zero-order chi connectivity index (χ0) is 18.3. The lowest BCUT2D eigenvalue weighted by Gasteiger charge is -2.03. The van der Waals surface area contributed by atoms with E-state index in [0.717, 1.165) is 16.6 Å². The summed E-state index contributed by atoms with van der Waals surface area (Å²) in [5, 5.41) is 26.4. The molecule has 1 aromatic carbocycles. The van der Waals surface area contributed by atoms with E-state index in [9.17, 15) is 14.9 Å². The van der Waals surface area contributed by atoms with E-state index in [4.69, 9.17) is 4.42 Å². The summed E-state index contributed by atoms with van der Waals surface area (Å²) in [5.74, 6) is -0.479. The van der Waals surface area contributed by atoms with Crippen molar-refractivity contribution in [1.82, 2.24) is 19.8 Å². The molecule has 0 atom stereocenters. The topological polar surface area (TPSA) is 128 Å². The van der Waals surface area contributed by atoms with Crippen LogP contribution in [0.3, 0.4) is 0 Å². The summed E-state index contributed by atoms with van der Waals surface area (Å²) < 4.78 is 6.54. The standard InChI is InChI=1S/C15H10N6O4S/c1-8-17-18-15-20(8)19-14(26-15)9-2-4-10(5-3-9)16-13(22)11-6-7-12(25-11)21(23)24/h2-7H,1H3,(H,16,22). The molecule has 0 unspecified atom stereocenters. The fourth-order valence-electron chi connectivity index (χ4n) is 2.27. The van der Waals surface area contributed by atoms with Crippen LogP contribution in [0.15, 0.2) is 40.8 Å². The Labute approximate surface area is 149 Å². The van der Waals surface area contributed by atoms with Crippen LogP contribution < -0.4 is 5.32 Å². The van der Waals surface area contributed by atoms with Crippen LogP contribution in [0.2, 0.25) is 0 Å². The Morgan fingerprint density at radius 3 is 2.65 bits per heavy atom. The highest BCUT2D eigenvalue weighted by Gasteiger charge is 2.17. The monoisotopic (exact) mass is 370 g/mol. The number of fused-ring (bicyclic) bond motifs is 1. The molecule has 26 heavy (non-hydrogen) atoms. The SMILES string of the molecule is Cc1nnc2sc(-c3ccc(NC(=O)c4ccc([N+](=O)[O-])o4)cc3)nn12. The highest BCUT2D eigenvalue weighted by atomic mass is 32.1. The Balaban J connectivity index is 1.51. The van der Waals surface area contributed by atoms with Gasteiger partial charge in [-0.05, 0) is 37.3 Å². The molecule has 4 aromatic rings. The molecule has 0 bridgehead atoms. The summed E-state index contributed by atoms with van der Waals surface area (Å²) in [6, 6.07) is 9.42. The molecule has 0 aliphatic carbocycles. The quantitative estimate of drug-likeness (QED) is 0.432. The van der Waals surface area contributed by atoms with Crippen molar-refractivity contribution in [3.63, 3.8) is 0 Å². The number of rotatable bonds is 4. The molecule has 0 radical (unpaired) electrons. The van der Waals surface area contributed by atoms with Crippen LogP contribution in [-0.2, 0) is 0 Å². The summed E-state index contributed by atoms with van der Waals surface area (Å²) in [6.45, 7) is 1.82. The molecule has 10 nitrogen and oxygen atoms in total. The number of furan rings is 1. The molecule has 130 valence electrons. The van der Waals surface area contributed by atoms with Gasteiger partial charge in [0, 0.05) is 11.3 Å². The number of carbonyl (C=O) groups excluding carboxylic acids is 1. The maximum absolute atomic E-state index is 12.1. The summed E-state index contributed by atoms with van der Waals surface area (Å²) in [5.41, 5.74) is 1.39. The number of nitrogens with zero attached hydrogens (tertiary/aromatic N) is 5. The molecule has 0 fully saturated rings. The van der Waals surface area contributed by atoms with Crippen molar-refractivity contribution in [2.75, 3.05) is 5.32 Å². The average molecular weight is 370 g/mol. The van der Waals surface area contributed by atoms with Crippen LogP contribution in [0.5, 0.6) is 0 Å². The number of hydrogen-bond acceptors (Lipinski definition) is 8. The van der Waals surface area contributed by atoms with Crippen LogP contribution in [0, 0.1) is 17.0 Å². The first-order valence-electron chi connectivity index (χ1n) is 7.36. The van der Waals surface area contributed by atoms with Crippen LogP contribution in [-0.4, -0.2) is 30.6 Å². The largest absolute Gasteiger partial charge is 0.433 e. The van der Waals surface area contributed by atoms with E-state index in [1.165, 1.54) is 17.4 Å². The minimum absolute atomic E-state index is 0.134. The van der Waals surface area contributed by atoms with Crippen LogP contribution >= 0.6 is 11.3 Å². The van der Waals surface area contributed by atoms with E-state index in [0.29, 0.717) is 16.5 Å². The van der Waals surface area contributed by atoms with Crippen molar-refractivity contribution in [1.29, 1.82) is 0 Å². The average Bonchev–Trinajstić information content (AvgIpc) is 3.33. The number of aromatic nitrogens is 4. The zero-order valence-electron chi connectivity index (χ0n) is 13.2. The second kappa shape index (κ2) is 6.04. The Bertz CT molecular complexity index is 1130. The van der Waals surface area contributed by atoms with Crippen molar-refractivity contribution in [2.45, 2.75) is 6.92 Å². The number of hydrogen-bond donors (Lipinski definition) is 1. The second-order valence-corrected chi connectivity index (χ2v) is 6.23. The Hall–Kier alpha value is -3.60. The smallest absolute Gasteiger partial charge is 0.395 e. The van der Waals surface area contributed by atoms with Crippen molar-refractivity contribution in [3.05, 3.63) is 58.1 Å². The third-order valence-electron chi connectivity index (χ3n) is 3.53. The number of carbonyl (C=O) groups is 1. The lowest BCUT2D eigenvalue weighted by molar-refractivity contribution is -0.402. The highest BCUT2D eigenvalue weighted by Crippen LogP contribution is 2.26. The summed E-state index contributed by atoms with van der Waals surface area (Å²) in [4.78, 5) is 22.7.